The molecule has 7 aromatic carbocycles. The van der Waals surface area contributed by atoms with Crippen LogP contribution in [0.2, 0.25) is 0 Å². The Labute approximate surface area is 347 Å². The van der Waals surface area contributed by atoms with Gasteiger partial charge in [0.1, 0.15) is 0 Å². The number of allylic oxidation sites excluding steroid dienone is 9. The molecule has 3 aliphatic rings. The van der Waals surface area contributed by atoms with Crippen molar-refractivity contribution >= 4 is 11.4 Å². The zero-order valence-corrected chi connectivity index (χ0v) is 32.9. The van der Waals surface area contributed by atoms with Crippen LogP contribution in [0, 0.1) is 0 Å². The lowest BCUT2D eigenvalue weighted by Gasteiger charge is -2.35. The Morgan fingerprint density at radius 1 is 0.559 bits per heavy atom. The van der Waals surface area contributed by atoms with E-state index in [2.05, 4.69) is 229 Å². The monoisotopic (exact) mass is 759 g/mol. The zero-order valence-electron chi connectivity index (χ0n) is 32.9. The average molecular weight is 760 g/mol. The highest BCUT2D eigenvalue weighted by Crippen LogP contribution is 2.58. The largest absolute Gasteiger partial charge is 0.355 e. The van der Waals surface area contributed by atoms with Gasteiger partial charge in [0.2, 0.25) is 0 Å². The van der Waals surface area contributed by atoms with Gasteiger partial charge in [-0.05, 0) is 116 Å². The molecule has 284 valence electrons. The molecule has 0 amide bonds. The van der Waals surface area contributed by atoms with Crippen LogP contribution in [0.5, 0.6) is 0 Å². The molecule has 0 spiro atoms. The normalized spacial score (nSPS) is 18.5. The quantitative estimate of drug-likeness (QED) is 0.101. The fraction of sp³-hybridized carbons (Fsp3) is 0.0714. The minimum atomic E-state index is -0.561. The van der Waals surface area contributed by atoms with Crippen LogP contribution >= 0.6 is 0 Å². The Hall–Kier alpha value is -7.20. The van der Waals surface area contributed by atoms with Crippen molar-refractivity contribution in [2.75, 3.05) is 5.32 Å². The fourth-order valence-electron chi connectivity index (χ4n) is 9.50. The third-order valence-electron chi connectivity index (χ3n) is 12.2. The first-order chi connectivity index (χ1) is 29.2. The van der Waals surface area contributed by atoms with Crippen molar-refractivity contribution in [2.24, 2.45) is 5.84 Å². The van der Waals surface area contributed by atoms with Crippen molar-refractivity contribution in [3.63, 3.8) is 0 Å². The van der Waals surface area contributed by atoms with E-state index in [-0.39, 0.29) is 5.92 Å². The SMILES string of the molecule is NN/C(C1=CC=CCC1)=C1/C=CC=CC1c1ccc(-c2cccc(-c3ccc4c(c3)C(c3ccccc3)(c3ccccc3Nc3ccccc3)c3ccccc3-4)c2)cc1. The van der Waals surface area contributed by atoms with E-state index in [1.54, 1.807) is 0 Å². The third-order valence-corrected chi connectivity index (χ3v) is 12.2. The summed E-state index contributed by atoms with van der Waals surface area (Å²) in [4.78, 5) is 0. The van der Waals surface area contributed by atoms with Crippen molar-refractivity contribution < 1.29 is 0 Å². The third kappa shape index (κ3) is 6.46. The van der Waals surface area contributed by atoms with Gasteiger partial charge in [-0.2, -0.15) is 0 Å². The van der Waals surface area contributed by atoms with Gasteiger partial charge in [-0.1, -0.05) is 188 Å². The van der Waals surface area contributed by atoms with Crippen molar-refractivity contribution in [3.05, 3.63) is 263 Å². The Morgan fingerprint density at radius 2 is 1.24 bits per heavy atom. The van der Waals surface area contributed by atoms with E-state index in [0.29, 0.717) is 0 Å². The van der Waals surface area contributed by atoms with E-state index in [1.807, 2.05) is 0 Å². The molecule has 0 aromatic heterocycles. The van der Waals surface area contributed by atoms with Gasteiger partial charge in [0.15, 0.2) is 0 Å². The predicted octanol–water partition coefficient (Wildman–Crippen LogP) is 13.3. The summed E-state index contributed by atoms with van der Waals surface area (Å²) in [7, 11) is 0. The summed E-state index contributed by atoms with van der Waals surface area (Å²) in [6.45, 7) is 0. The van der Waals surface area contributed by atoms with Crippen LogP contribution in [0.3, 0.4) is 0 Å². The molecular weight excluding hydrogens is 715 g/mol. The maximum atomic E-state index is 6.16. The van der Waals surface area contributed by atoms with Gasteiger partial charge in [-0.3, -0.25) is 5.84 Å². The topological polar surface area (TPSA) is 50.1 Å². The molecule has 2 unspecified atom stereocenters. The van der Waals surface area contributed by atoms with Crippen molar-refractivity contribution in [1.82, 2.24) is 5.43 Å². The minimum Gasteiger partial charge on any atom is -0.355 e. The highest BCUT2D eigenvalue weighted by Gasteiger charge is 2.47. The van der Waals surface area contributed by atoms with E-state index in [0.717, 1.165) is 29.9 Å². The Morgan fingerprint density at radius 3 is 2.02 bits per heavy atom. The van der Waals surface area contributed by atoms with Gasteiger partial charge in [0.25, 0.3) is 0 Å². The summed E-state index contributed by atoms with van der Waals surface area (Å²) in [5, 5.41) is 3.80. The summed E-state index contributed by atoms with van der Waals surface area (Å²) in [5.41, 5.74) is 21.6. The first-order valence-electron chi connectivity index (χ1n) is 20.6. The lowest BCUT2D eigenvalue weighted by molar-refractivity contribution is 0.771. The first kappa shape index (κ1) is 36.2. The Kier molecular flexibility index (Phi) is 9.58. The molecule has 10 rings (SSSR count). The average Bonchev–Trinajstić information content (AvgIpc) is 3.61. The number of nitrogens with one attached hydrogen (secondary N) is 2. The van der Waals surface area contributed by atoms with Gasteiger partial charge in [0.05, 0.1) is 11.1 Å². The molecule has 7 aromatic rings. The lowest BCUT2D eigenvalue weighted by Crippen LogP contribution is -2.29. The molecule has 0 aliphatic heterocycles. The molecule has 4 N–H and O–H groups in total. The molecule has 0 fully saturated rings. The van der Waals surface area contributed by atoms with Gasteiger partial charge in [0, 0.05) is 17.3 Å². The fourth-order valence-corrected chi connectivity index (χ4v) is 9.50. The van der Waals surface area contributed by atoms with Gasteiger partial charge in [-0.25, -0.2) is 0 Å². The maximum absolute atomic E-state index is 6.16. The summed E-state index contributed by atoms with van der Waals surface area (Å²) in [5.74, 6) is 6.27. The molecule has 2 atom stereocenters. The maximum Gasteiger partial charge on any atom is 0.0733 e. The summed E-state index contributed by atoms with van der Waals surface area (Å²) < 4.78 is 0. The second kappa shape index (κ2) is 15.6. The van der Waals surface area contributed by atoms with E-state index in [4.69, 9.17) is 5.84 Å². The number of fused-ring (bicyclic) bond motifs is 3. The Bertz CT molecular complexity index is 2820. The standard InChI is InChI=1S/C56H45N3/c57-59-55(41-17-4-1-5-18-41)50-27-11-10-25-47(50)40-33-31-39(32-34-40)42-19-16-20-43(37-42)44-35-36-49-48-26-12-13-28-51(48)56(53(49)38-44,45-21-6-2-7-22-45)52-29-14-15-30-54(52)58-46-23-8-3-9-24-46/h1-4,6-17,19-38,47,58-59H,5,18,57H2/b55-50-. The number of benzene rings is 7. The van der Waals surface area contributed by atoms with Gasteiger partial charge < -0.3 is 10.7 Å². The number of rotatable bonds is 9. The smallest absolute Gasteiger partial charge is 0.0733 e. The lowest BCUT2D eigenvalue weighted by atomic mass is 9.67. The summed E-state index contributed by atoms with van der Waals surface area (Å²) >= 11 is 0. The minimum absolute atomic E-state index is 0.103. The highest BCUT2D eigenvalue weighted by atomic mass is 15.2. The molecular formula is C56H45N3. The number of nitrogens with two attached hydrogens (primary N) is 1. The highest BCUT2D eigenvalue weighted by molar-refractivity contribution is 5.90. The van der Waals surface area contributed by atoms with Gasteiger partial charge >= 0.3 is 0 Å². The van der Waals surface area contributed by atoms with E-state index in [1.165, 1.54) is 72.3 Å². The van der Waals surface area contributed by atoms with Crippen molar-refractivity contribution in [3.8, 4) is 33.4 Å². The molecule has 3 nitrogen and oxygen atoms in total. The van der Waals surface area contributed by atoms with Crippen LogP contribution in [-0.2, 0) is 5.41 Å². The first-order valence-corrected chi connectivity index (χ1v) is 20.6. The molecule has 0 radical (unpaired) electrons. The molecule has 0 bridgehead atoms. The summed E-state index contributed by atoms with van der Waals surface area (Å²) in [6.07, 6.45) is 17.2. The van der Waals surface area contributed by atoms with Crippen molar-refractivity contribution in [1.29, 1.82) is 0 Å². The Balaban J connectivity index is 1.06. The number of anilines is 2. The second-order valence-corrected chi connectivity index (χ2v) is 15.5. The number of hydrazine groups is 1. The van der Waals surface area contributed by atoms with E-state index in [9.17, 15) is 0 Å². The van der Waals surface area contributed by atoms with Crippen LogP contribution in [0.4, 0.5) is 11.4 Å². The summed E-state index contributed by atoms with van der Waals surface area (Å²) in [6, 6.07) is 64.4. The van der Waals surface area contributed by atoms with Crippen molar-refractivity contribution in [2.45, 2.75) is 24.2 Å². The van der Waals surface area contributed by atoms with Crippen LogP contribution in [0.1, 0.15) is 46.6 Å². The van der Waals surface area contributed by atoms with E-state index >= 15 is 0 Å². The molecule has 59 heavy (non-hydrogen) atoms. The van der Waals surface area contributed by atoms with Crippen LogP contribution in [-0.4, -0.2) is 0 Å². The van der Waals surface area contributed by atoms with E-state index < -0.39 is 5.41 Å². The van der Waals surface area contributed by atoms with Crippen LogP contribution < -0.4 is 16.6 Å². The zero-order chi connectivity index (χ0) is 39.6. The second-order valence-electron chi connectivity index (χ2n) is 15.5. The molecule has 3 aliphatic carbocycles. The molecule has 3 heteroatoms. The van der Waals surface area contributed by atoms with Crippen LogP contribution in [0.25, 0.3) is 33.4 Å². The van der Waals surface area contributed by atoms with Gasteiger partial charge in [-0.15, -0.1) is 0 Å². The predicted molar refractivity (Wildman–Crippen MR) is 246 cm³/mol. The molecule has 0 saturated heterocycles. The molecule has 0 heterocycles. The number of hydrogen-bond donors (Lipinski definition) is 3. The molecule has 0 saturated carbocycles. The number of hydrogen-bond acceptors (Lipinski definition) is 3. The number of para-hydroxylation sites is 2. The van der Waals surface area contributed by atoms with Crippen LogP contribution in [0.15, 0.2) is 235 Å².